The SMILES string of the molecule is CCC(C(=O)Nc1cc(F)ccc1F)n1ccc(C(=O)Nc2cc(F)ccc2F)n1. The van der Waals surface area contributed by atoms with E-state index in [1.165, 1.54) is 16.9 Å². The quantitative estimate of drug-likeness (QED) is 0.585. The van der Waals surface area contributed by atoms with Gasteiger partial charge >= 0.3 is 0 Å². The van der Waals surface area contributed by atoms with Crippen LogP contribution >= 0.6 is 0 Å². The number of halogens is 4. The Morgan fingerprint density at radius 2 is 1.50 bits per heavy atom. The van der Waals surface area contributed by atoms with E-state index in [0.717, 1.165) is 36.4 Å². The van der Waals surface area contributed by atoms with Gasteiger partial charge in [-0.3, -0.25) is 14.3 Å². The molecule has 2 amide bonds. The number of hydrogen-bond donors (Lipinski definition) is 2. The van der Waals surface area contributed by atoms with Crippen molar-refractivity contribution in [2.75, 3.05) is 10.6 Å². The van der Waals surface area contributed by atoms with Gasteiger partial charge in [0.15, 0.2) is 5.69 Å². The molecule has 0 aliphatic rings. The van der Waals surface area contributed by atoms with E-state index in [4.69, 9.17) is 0 Å². The van der Waals surface area contributed by atoms with Crippen molar-refractivity contribution < 1.29 is 27.2 Å². The molecule has 3 aromatic rings. The molecule has 0 fully saturated rings. The number of carbonyl (C=O) groups excluding carboxylic acids is 2. The van der Waals surface area contributed by atoms with Crippen LogP contribution in [0.3, 0.4) is 0 Å². The maximum atomic E-state index is 13.8. The Morgan fingerprint density at radius 3 is 2.07 bits per heavy atom. The third kappa shape index (κ3) is 4.65. The van der Waals surface area contributed by atoms with E-state index < -0.39 is 41.1 Å². The predicted molar refractivity (Wildman–Crippen MR) is 101 cm³/mol. The van der Waals surface area contributed by atoms with Gasteiger partial charge in [0.05, 0.1) is 11.4 Å². The number of nitrogens with zero attached hydrogens (tertiary/aromatic N) is 2. The molecule has 10 heteroatoms. The third-order valence-electron chi connectivity index (χ3n) is 4.21. The zero-order chi connectivity index (χ0) is 21.8. The number of carbonyl (C=O) groups is 2. The fourth-order valence-corrected chi connectivity index (χ4v) is 2.71. The molecule has 6 nitrogen and oxygen atoms in total. The second kappa shape index (κ2) is 8.76. The van der Waals surface area contributed by atoms with Crippen LogP contribution in [0.25, 0.3) is 0 Å². The molecule has 0 aliphatic heterocycles. The Morgan fingerprint density at radius 1 is 0.933 bits per heavy atom. The van der Waals surface area contributed by atoms with Gasteiger partial charge in [0.2, 0.25) is 5.91 Å². The number of anilines is 2. The summed E-state index contributed by atoms with van der Waals surface area (Å²) in [4.78, 5) is 24.8. The van der Waals surface area contributed by atoms with E-state index >= 15 is 0 Å². The van der Waals surface area contributed by atoms with Crippen LogP contribution in [0.15, 0.2) is 48.7 Å². The molecule has 1 heterocycles. The average Bonchev–Trinajstić information content (AvgIpc) is 3.18. The number of amides is 2. The average molecular weight is 420 g/mol. The van der Waals surface area contributed by atoms with Gasteiger partial charge in [-0.15, -0.1) is 0 Å². The van der Waals surface area contributed by atoms with Gasteiger partial charge in [-0.05, 0) is 36.8 Å². The molecule has 0 bridgehead atoms. The fraction of sp³-hybridized carbons (Fsp3) is 0.150. The Balaban J connectivity index is 1.75. The minimum atomic E-state index is -0.930. The molecule has 0 saturated heterocycles. The first-order valence-electron chi connectivity index (χ1n) is 8.86. The molecule has 156 valence electrons. The summed E-state index contributed by atoms with van der Waals surface area (Å²) in [6.07, 6.45) is 1.57. The number of aromatic nitrogens is 2. The molecule has 0 aliphatic carbocycles. The van der Waals surface area contributed by atoms with Crippen LogP contribution in [0.2, 0.25) is 0 Å². The van der Waals surface area contributed by atoms with Crippen molar-refractivity contribution in [3.05, 3.63) is 77.6 Å². The summed E-state index contributed by atoms with van der Waals surface area (Å²) in [5, 5.41) is 8.48. The Kier molecular flexibility index (Phi) is 6.14. The first-order chi connectivity index (χ1) is 14.3. The van der Waals surface area contributed by atoms with Crippen LogP contribution < -0.4 is 10.6 Å². The van der Waals surface area contributed by atoms with Crippen LogP contribution in [0, 0.1) is 23.3 Å². The summed E-state index contributed by atoms with van der Waals surface area (Å²) in [5.74, 6) is -4.57. The van der Waals surface area contributed by atoms with Crippen LogP contribution in [0.1, 0.15) is 29.9 Å². The van der Waals surface area contributed by atoms with E-state index in [1.807, 2.05) is 0 Å². The van der Waals surface area contributed by atoms with Crippen molar-refractivity contribution in [1.29, 1.82) is 0 Å². The second-order valence-corrected chi connectivity index (χ2v) is 6.30. The van der Waals surface area contributed by atoms with E-state index in [2.05, 4.69) is 15.7 Å². The molecule has 30 heavy (non-hydrogen) atoms. The molecule has 2 aromatic carbocycles. The second-order valence-electron chi connectivity index (χ2n) is 6.30. The standard InChI is InChI=1S/C20H16F4N4O2/c1-2-18(20(30)26-17-10-12(22)4-6-14(17)24)28-8-7-15(27-28)19(29)25-16-9-11(21)3-5-13(16)23/h3-10,18H,2H2,1H3,(H,25,29)(H,26,30). The number of benzene rings is 2. The Hall–Kier alpha value is -3.69. The van der Waals surface area contributed by atoms with Gasteiger partial charge in [0.1, 0.15) is 29.3 Å². The summed E-state index contributed by atoms with van der Waals surface area (Å²) >= 11 is 0. The van der Waals surface area contributed by atoms with E-state index in [-0.39, 0.29) is 23.5 Å². The predicted octanol–water partition coefficient (Wildman–Crippen LogP) is 4.28. The minimum absolute atomic E-state index is 0.151. The molecule has 1 unspecified atom stereocenters. The van der Waals surface area contributed by atoms with Crippen molar-refractivity contribution in [2.24, 2.45) is 0 Å². The first kappa shape index (κ1) is 21.0. The lowest BCUT2D eigenvalue weighted by atomic mass is 10.2. The molecule has 1 aromatic heterocycles. The van der Waals surface area contributed by atoms with E-state index in [9.17, 15) is 27.2 Å². The summed E-state index contributed by atoms with van der Waals surface area (Å²) in [6, 6.07) is 5.59. The van der Waals surface area contributed by atoms with Gasteiger partial charge < -0.3 is 10.6 Å². The number of nitrogens with one attached hydrogen (secondary N) is 2. The largest absolute Gasteiger partial charge is 0.322 e. The summed E-state index contributed by atoms with van der Waals surface area (Å²) in [7, 11) is 0. The van der Waals surface area contributed by atoms with Gasteiger partial charge in [0.25, 0.3) is 5.91 Å². The highest BCUT2D eigenvalue weighted by atomic mass is 19.1. The monoisotopic (exact) mass is 420 g/mol. The van der Waals surface area contributed by atoms with Gasteiger partial charge in [-0.25, -0.2) is 17.6 Å². The lowest BCUT2D eigenvalue weighted by Crippen LogP contribution is -2.27. The minimum Gasteiger partial charge on any atom is -0.322 e. The van der Waals surface area contributed by atoms with E-state index in [0.29, 0.717) is 0 Å². The lowest BCUT2D eigenvalue weighted by molar-refractivity contribution is -0.119. The molecular weight excluding hydrogens is 404 g/mol. The lowest BCUT2D eigenvalue weighted by Gasteiger charge is -2.16. The maximum Gasteiger partial charge on any atom is 0.276 e. The van der Waals surface area contributed by atoms with E-state index in [1.54, 1.807) is 6.92 Å². The topological polar surface area (TPSA) is 76.0 Å². The Labute approximate surface area is 168 Å². The molecule has 1 atom stereocenters. The van der Waals surface area contributed by atoms with Crippen molar-refractivity contribution >= 4 is 23.2 Å². The van der Waals surface area contributed by atoms with Gasteiger partial charge in [0, 0.05) is 18.3 Å². The molecule has 0 spiro atoms. The van der Waals surface area contributed by atoms with Crippen molar-refractivity contribution in [3.8, 4) is 0 Å². The van der Waals surface area contributed by atoms with Gasteiger partial charge in [-0.2, -0.15) is 5.10 Å². The highest BCUT2D eigenvalue weighted by Crippen LogP contribution is 2.20. The normalized spacial score (nSPS) is 11.8. The Bertz CT molecular complexity index is 1100. The van der Waals surface area contributed by atoms with Crippen LogP contribution in [-0.2, 0) is 4.79 Å². The molecule has 3 rings (SSSR count). The zero-order valence-corrected chi connectivity index (χ0v) is 15.6. The van der Waals surface area contributed by atoms with Gasteiger partial charge in [-0.1, -0.05) is 6.92 Å². The fourth-order valence-electron chi connectivity index (χ4n) is 2.71. The highest BCUT2D eigenvalue weighted by Gasteiger charge is 2.22. The molecule has 0 saturated carbocycles. The highest BCUT2D eigenvalue weighted by molar-refractivity contribution is 6.03. The maximum absolute atomic E-state index is 13.8. The smallest absolute Gasteiger partial charge is 0.276 e. The van der Waals surface area contributed by atoms with Crippen molar-refractivity contribution in [3.63, 3.8) is 0 Å². The van der Waals surface area contributed by atoms with Crippen LogP contribution in [0.5, 0.6) is 0 Å². The molecule has 2 N–H and O–H groups in total. The van der Waals surface area contributed by atoms with Crippen molar-refractivity contribution in [2.45, 2.75) is 19.4 Å². The summed E-state index contributed by atoms with van der Waals surface area (Å²) in [6.45, 7) is 1.66. The summed E-state index contributed by atoms with van der Waals surface area (Å²) < 4.78 is 55.2. The first-order valence-corrected chi connectivity index (χ1v) is 8.86. The zero-order valence-electron chi connectivity index (χ0n) is 15.6. The third-order valence-corrected chi connectivity index (χ3v) is 4.21. The van der Waals surface area contributed by atoms with Crippen LogP contribution in [-0.4, -0.2) is 21.6 Å². The van der Waals surface area contributed by atoms with Crippen LogP contribution in [0.4, 0.5) is 28.9 Å². The number of hydrogen-bond acceptors (Lipinski definition) is 3. The van der Waals surface area contributed by atoms with Crippen molar-refractivity contribution in [1.82, 2.24) is 9.78 Å². The molecular formula is C20H16F4N4O2. The number of rotatable bonds is 6. The summed E-state index contributed by atoms with van der Waals surface area (Å²) in [5.41, 5.74) is -0.840. The molecule has 0 radical (unpaired) electrons.